The van der Waals surface area contributed by atoms with Gasteiger partial charge < -0.3 is 15.2 Å². The van der Waals surface area contributed by atoms with E-state index in [0.717, 1.165) is 6.07 Å². The highest BCUT2D eigenvalue weighted by atomic mass is 32.2. The molecule has 0 radical (unpaired) electrons. The zero-order valence-electron chi connectivity index (χ0n) is 19.8. The molecule has 0 saturated heterocycles. The molecule has 0 spiro atoms. The highest BCUT2D eigenvalue weighted by Crippen LogP contribution is 2.36. The first-order valence-corrected chi connectivity index (χ1v) is 12.6. The number of benzene rings is 3. The first-order valence-electron chi connectivity index (χ1n) is 11.0. The fraction of sp³-hybridized carbons (Fsp3) is 0.231. The third-order valence-corrected chi connectivity index (χ3v) is 6.79. The fourth-order valence-corrected chi connectivity index (χ4v) is 5.10. The summed E-state index contributed by atoms with van der Waals surface area (Å²) in [5, 5.41) is 9.37. The maximum Gasteiger partial charge on any atom is 0.254 e. The van der Waals surface area contributed by atoms with Crippen molar-refractivity contribution in [2.24, 2.45) is 5.73 Å². The van der Waals surface area contributed by atoms with Gasteiger partial charge in [-0.2, -0.15) is 5.26 Å². The molecule has 0 heterocycles. The predicted molar refractivity (Wildman–Crippen MR) is 133 cm³/mol. The lowest BCUT2D eigenvalue weighted by molar-refractivity contribution is -0.145. The molecule has 1 atom stereocenters. The normalized spacial score (nSPS) is 12.8. The van der Waals surface area contributed by atoms with Gasteiger partial charge in [-0.05, 0) is 42.3 Å². The summed E-state index contributed by atoms with van der Waals surface area (Å²) < 4.78 is 54.3. The molecule has 36 heavy (non-hydrogen) atoms. The van der Waals surface area contributed by atoms with Gasteiger partial charge in [0.25, 0.3) is 5.91 Å². The molecule has 0 fully saturated rings. The topological polar surface area (TPSA) is 132 Å². The summed E-state index contributed by atoms with van der Waals surface area (Å²) in [6.07, 6.45) is -0.297. The molecule has 0 aliphatic heterocycles. The number of nitrogens with one attached hydrogen (secondary N) is 1. The minimum atomic E-state index is -3.91. The number of nitrogens with zero attached hydrogens (tertiary/aromatic N) is 1. The number of nitriles is 1. The lowest BCUT2D eigenvalue weighted by Gasteiger charge is -2.32. The van der Waals surface area contributed by atoms with Gasteiger partial charge in [0, 0.05) is 24.7 Å². The number of carbonyl (C=O) groups is 1. The Hall–Kier alpha value is -3.94. The summed E-state index contributed by atoms with van der Waals surface area (Å²) >= 11 is 0. The molecule has 0 aliphatic rings. The van der Waals surface area contributed by atoms with Crippen LogP contribution in [0.5, 0.6) is 5.75 Å². The van der Waals surface area contributed by atoms with Gasteiger partial charge in [0.2, 0.25) is 10.0 Å². The Bertz CT molecular complexity index is 1390. The van der Waals surface area contributed by atoms with Crippen LogP contribution in [0.4, 0.5) is 10.1 Å². The Morgan fingerprint density at radius 2 is 1.86 bits per heavy atom. The largest absolute Gasteiger partial charge is 0.497 e. The molecule has 3 aromatic carbocycles. The van der Waals surface area contributed by atoms with Crippen LogP contribution in [0.2, 0.25) is 0 Å². The Kier molecular flexibility index (Phi) is 8.29. The lowest BCUT2D eigenvalue weighted by atomic mass is 9.85. The number of hydrogen-bond acceptors (Lipinski definition) is 6. The van der Waals surface area contributed by atoms with Gasteiger partial charge in [0.15, 0.2) is 5.60 Å². The second kappa shape index (κ2) is 11.2. The van der Waals surface area contributed by atoms with Gasteiger partial charge in [-0.1, -0.05) is 36.4 Å². The molecule has 1 amide bonds. The van der Waals surface area contributed by atoms with Crippen molar-refractivity contribution in [2.75, 3.05) is 18.4 Å². The van der Waals surface area contributed by atoms with Gasteiger partial charge in [-0.3, -0.25) is 9.52 Å². The molecule has 0 aromatic heterocycles. The van der Waals surface area contributed by atoms with E-state index in [1.807, 2.05) is 6.07 Å². The highest BCUT2D eigenvalue weighted by Gasteiger charge is 2.42. The van der Waals surface area contributed by atoms with Crippen molar-refractivity contribution in [1.29, 1.82) is 5.26 Å². The Labute approximate surface area is 209 Å². The van der Waals surface area contributed by atoms with Crippen LogP contribution in [0.1, 0.15) is 29.2 Å². The number of anilines is 1. The molecular formula is C26H26FN3O5S. The van der Waals surface area contributed by atoms with Crippen LogP contribution < -0.4 is 15.2 Å². The van der Waals surface area contributed by atoms with Crippen molar-refractivity contribution < 1.29 is 27.1 Å². The summed E-state index contributed by atoms with van der Waals surface area (Å²) in [4.78, 5) is 12.8. The summed E-state index contributed by atoms with van der Waals surface area (Å²) in [6, 6.07) is 18.7. The van der Waals surface area contributed by atoms with Crippen molar-refractivity contribution >= 4 is 21.6 Å². The highest BCUT2D eigenvalue weighted by molar-refractivity contribution is 7.91. The Morgan fingerprint density at radius 3 is 2.44 bits per heavy atom. The third kappa shape index (κ3) is 6.00. The summed E-state index contributed by atoms with van der Waals surface area (Å²) in [5.74, 6) is -1.82. The van der Waals surface area contributed by atoms with E-state index >= 15 is 4.39 Å². The zero-order chi connectivity index (χ0) is 26.3. The smallest absolute Gasteiger partial charge is 0.254 e. The maximum atomic E-state index is 15.1. The SMILES string of the molecule is CCOC(Cc1ccc(C#N)cc1NS(=O)(=O)Cc1ccccc1)(C(N)=O)c1ccc(OC)cc1F. The number of amides is 1. The van der Waals surface area contributed by atoms with E-state index < -0.39 is 27.3 Å². The number of sulfonamides is 1. The number of primary amides is 1. The van der Waals surface area contributed by atoms with Crippen molar-refractivity contribution in [3.05, 3.63) is 94.8 Å². The molecule has 0 aliphatic carbocycles. The maximum absolute atomic E-state index is 15.1. The second-order valence-electron chi connectivity index (χ2n) is 7.98. The molecule has 188 valence electrons. The van der Waals surface area contributed by atoms with Crippen LogP contribution in [0, 0.1) is 17.1 Å². The molecule has 8 nitrogen and oxygen atoms in total. The standard InChI is InChI=1S/C26H26FN3O5S/c1-3-35-26(25(29)31,22-12-11-21(34-2)14-23(22)27)15-20-10-9-19(16-28)13-24(20)30-36(32,33)17-18-7-5-4-6-8-18/h4-14,30H,3,15,17H2,1-2H3,(H2,29,31). The lowest BCUT2D eigenvalue weighted by Crippen LogP contribution is -2.46. The minimum Gasteiger partial charge on any atom is -0.497 e. The van der Waals surface area contributed by atoms with E-state index in [2.05, 4.69) is 4.72 Å². The van der Waals surface area contributed by atoms with Crippen molar-refractivity contribution in [1.82, 2.24) is 0 Å². The molecule has 1 unspecified atom stereocenters. The number of methoxy groups -OCH3 is 1. The van der Waals surface area contributed by atoms with Crippen molar-refractivity contribution in [2.45, 2.75) is 24.7 Å². The average molecular weight is 512 g/mol. The monoisotopic (exact) mass is 511 g/mol. The molecule has 10 heteroatoms. The number of rotatable bonds is 11. The van der Waals surface area contributed by atoms with Crippen LogP contribution in [0.15, 0.2) is 66.7 Å². The van der Waals surface area contributed by atoms with Crippen molar-refractivity contribution in [3.63, 3.8) is 0 Å². The molecule has 0 saturated carbocycles. The van der Waals surface area contributed by atoms with Gasteiger partial charge in [0.05, 0.1) is 30.2 Å². The van der Waals surface area contributed by atoms with Crippen LogP contribution in [0.25, 0.3) is 0 Å². The van der Waals surface area contributed by atoms with Crippen LogP contribution in [-0.2, 0) is 37.3 Å². The van der Waals surface area contributed by atoms with Gasteiger partial charge in [0.1, 0.15) is 11.6 Å². The van der Waals surface area contributed by atoms with E-state index in [-0.39, 0.29) is 46.9 Å². The quantitative estimate of drug-likeness (QED) is 0.404. The van der Waals surface area contributed by atoms with E-state index in [4.69, 9.17) is 15.2 Å². The van der Waals surface area contributed by atoms with Crippen LogP contribution >= 0.6 is 0 Å². The van der Waals surface area contributed by atoms with E-state index in [0.29, 0.717) is 5.56 Å². The first kappa shape index (κ1) is 26.7. The van der Waals surface area contributed by atoms with E-state index in [9.17, 15) is 18.5 Å². The number of nitrogens with two attached hydrogens (primary N) is 1. The first-order chi connectivity index (χ1) is 17.1. The average Bonchev–Trinajstić information content (AvgIpc) is 2.84. The van der Waals surface area contributed by atoms with E-state index in [1.165, 1.54) is 37.4 Å². The van der Waals surface area contributed by atoms with Crippen LogP contribution in [0.3, 0.4) is 0 Å². The molecule has 3 rings (SSSR count). The van der Waals surface area contributed by atoms with E-state index in [1.54, 1.807) is 37.3 Å². The van der Waals surface area contributed by atoms with Gasteiger partial charge in [-0.15, -0.1) is 0 Å². The Balaban J connectivity index is 2.09. The zero-order valence-corrected chi connectivity index (χ0v) is 20.6. The number of hydrogen-bond donors (Lipinski definition) is 2. The van der Waals surface area contributed by atoms with Gasteiger partial charge in [-0.25, -0.2) is 12.8 Å². The number of ether oxygens (including phenoxy) is 2. The molecule has 3 N–H and O–H groups in total. The summed E-state index contributed by atoms with van der Waals surface area (Å²) in [5.41, 5.74) is 4.77. The second-order valence-corrected chi connectivity index (χ2v) is 9.70. The predicted octanol–water partition coefficient (Wildman–Crippen LogP) is 3.61. The molecule has 3 aromatic rings. The van der Waals surface area contributed by atoms with Crippen molar-refractivity contribution in [3.8, 4) is 11.8 Å². The Morgan fingerprint density at radius 1 is 1.14 bits per heavy atom. The fourth-order valence-electron chi connectivity index (χ4n) is 3.87. The minimum absolute atomic E-state index is 0.0136. The summed E-state index contributed by atoms with van der Waals surface area (Å²) in [6.45, 7) is 1.64. The molecular weight excluding hydrogens is 485 g/mol. The van der Waals surface area contributed by atoms with Crippen LogP contribution in [-0.4, -0.2) is 28.0 Å². The molecule has 0 bridgehead atoms. The number of carbonyl (C=O) groups excluding carboxylic acids is 1. The number of halogens is 1. The summed E-state index contributed by atoms with van der Waals surface area (Å²) in [7, 11) is -2.53. The third-order valence-electron chi connectivity index (χ3n) is 5.54. The van der Waals surface area contributed by atoms with Gasteiger partial charge >= 0.3 is 0 Å².